The summed E-state index contributed by atoms with van der Waals surface area (Å²) >= 11 is 5.81. The van der Waals surface area contributed by atoms with Crippen molar-refractivity contribution in [3.63, 3.8) is 0 Å². The van der Waals surface area contributed by atoms with Crippen LogP contribution in [0, 0.1) is 5.92 Å². The summed E-state index contributed by atoms with van der Waals surface area (Å²) in [5.74, 6) is 0.433. The third kappa shape index (κ3) is 3.84. The molecule has 0 radical (unpaired) electrons. The van der Waals surface area contributed by atoms with Crippen molar-refractivity contribution in [2.24, 2.45) is 5.92 Å². The molecule has 19 heavy (non-hydrogen) atoms. The average molecular weight is 305 g/mol. The standard InChI is InChI=1S/C13H21ClN2O2S/c1-9(2)7-10(3)16(4)19(17,18)11-5-6-12(14)13(15)8-11/h5-6,8-10H,7,15H2,1-4H3. The van der Waals surface area contributed by atoms with E-state index in [1.807, 2.05) is 6.92 Å². The molecule has 108 valence electrons. The van der Waals surface area contributed by atoms with E-state index in [4.69, 9.17) is 17.3 Å². The molecule has 1 rings (SSSR count). The Bertz CT molecular complexity index is 544. The van der Waals surface area contributed by atoms with Gasteiger partial charge in [-0.3, -0.25) is 0 Å². The van der Waals surface area contributed by atoms with Crippen LogP contribution in [-0.2, 0) is 10.0 Å². The van der Waals surface area contributed by atoms with Gasteiger partial charge in [-0.2, -0.15) is 4.31 Å². The predicted octanol–water partition coefficient (Wildman–Crippen LogP) is 2.98. The van der Waals surface area contributed by atoms with Crippen LogP contribution in [0.15, 0.2) is 23.1 Å². The lowest BCUT2D eigenvalue weighted by molar-refractivity contribution is 0.338. The molecule has 0 aromatic heterocycles. The number of nitrogens with two attached hydrogens (primary N) is 1. The SMILES string of the molecule is CC(C)CC(C)N(C)S(=O)(=O)c1ccc(Cl)c(N)c1. The maximum Gasteiger partial charge on any atom is 0.243 e. The number of benzene rings is 1. The second-order valence-corrected chi connectivity index (χ2v) is 7.59. The molecule has 0 aliphatic carbocycles. The van der Waals surface area contributed by atoms with E-state index in [-0.39, 0.29) is 16.6 Å². The van der Waals surface area contributed by atoms with E-state index in [1.165, 1.54) is 22.5 Å². The summed E-state index contributed by atoms with van der Waals surface area (Å²) in [6, 6.07) is 4.31. The largest absolute Gasteiger partial charge is 0.397 e. The van der Waals surface area contributed by atoms with E-state index in [9.17, 15) is 8.42 Å². The zero-order valence-electron chi connectivity index (χ0n) is 11.7. The first kappa shape index (κ1) is 16.3. The topological polar surface area (TPSA) is 63.4 Å². The highest BCUT2D eigenvalue weighted by molar-refractivity contribution is 7.89. The molecule has 0 fully saturated rings. The normalized spacial score (nSPS) is 14.1. The molecule has 0 aliphatic heterocycles. The minimum atomic E-state index is -3.53. The van der Waals surface area contributed by atoms with Gasteiger partial charge in [0.2, 0.25) is 10.0 Å². The van der Waals surface area contributed by atoms with Crippen LogP contribution in [0.25, 0.3) is 0 Å². The van der Waals surface area contributed by atoms with Gasteiger partial charge in [-0.25, -0.2) is 8.42 Å². The number of halogens is 1. The number of hydrogen-bond acceptors (Lipinski definition) is 3. The van der Waals surface area contributed by atoms with Gasteiger partial charge in [-0.05, 0) is 37.5 Å². The molecule has 0 heterocycles. The van der Waals surface area contributed by atoms with Crippen LogP contribution in [0.3, 0.4) is 0 Å². The van der Waals surface area contributed by atoms with E-state index in [0.717, 1.165) is 6.42 Å². The molecule has 1 aromatic rings. The van der Waals surface area contributed by atoms with E-state index < -0.39 is 10.0 Å². The highest BCUT2D eigenvalue weighted by Crippen LogP contribution is 2.25. The van der Waals surface area contributed by atoms with Crippen LogP contribution in [0.5, 0.6) is 0 Å². The molecular formula is C13H21ClN2O2S. The highest BCUT2D eigenvalue weighted by Gasteiger charge is 2.26. The molecule has 4 nitrogen and oxygen atoms in total. The fraction of sp³-hybridized carbons (Fsp3) is 0.538. The molecule has 0 saturated carbocycles. The van der Waals surface area contributed by atoms with Gasteiger partial charge in [0.15, 0.2) is 0 Å². The van der Waals surface area contributed by atoms with E-state index in [0.29, 0.717) is 10.9 Å². The van der Waals surface area contributed by atoms with Gasteiger partial charge in [-0.1, -0.05) is 25.4 Å². The summed E-state index contributed by atoms with van der Waals surface area (Å²) < 4.78 is 26.3. The first-order valence-electron chi connectivity index (χ1n) is 6.19. The number of rotatable bonds is 5. The first-order valence-corrected chi connectivity index (χ1v) is 8.01. The molecule has 2 N–H and O–H groups in total. The van der Waals surface area contributed by atoms with Gasteiger partial charge in [0.05, 0.1) is 15.6 Å². The number of nitrogen functional groups attached to an aromatic ring is 1. The quantitative estimate of drug-likeness (QED) is 0.851. The van der Waals surface area contributed by atoms with Crippen molar-refractivity contribution in [3.8, 4) is 0 Å². The Labute approximate surface area is 120 Å². The number of nitrogens with zero attached hydrogens (tertiary/aromatic N) is 1. The van der Waals surface area contributed by atoms with E-state index in [2.05, 4.69) is 13.8 Å². The molecule has 0 spiro atoms. The van der Waals surface area contributed by atoms with Crippen LogP contribution in [0.1, 0.15) is 27.2 Å². The van der Waals surface area contributed by atoms with Crippen molar-refractivity contribution in [1.82, 2.24) is 4.31 Å². The smallest absolute Gasteiger partial charge is 0.243 e. The Balaban J connectivity index is 3.06. The summed E-state index contributed by atoms with van der Waals surface area (Å²) in [4.78, 5) is 0.174. The molecule has 1 unspecified atom stereocenters. The van der Waals surface area contributed by atoms with E-state index >= 15 is 0 Å². The second kappa shape index (κ2) is 6.11. The van der Waals surface area contributed by atoms with Crippen molar-refractivity contribution < 1.29 is 8.42 Å². The maximum atomic E-state index is 12.4. The highest BCUT2D eigenvalue weighted by atomic mass is 35.5. The second-order valence-electron chi connectivity index (χ2n) is 5.18. The monoisotopic (exact) mass is 304 g/mol. The Morgan fingerprint density at radius 1 is 1.32 bits per heavy atom. The number of sulfonamides is 1. The van der Waals surface area contributed by atoms with Crippen LogP contribution < -0.4 is 5.73 Å². The van der Waals surface area contributed by atoms with Crippen LogP contribution in [-0.4, -0.2) is 25.8 Å². The zero-order chi connectivity index (χ0) is 14.8. The number of anilines is 1. The molecule has 0 bridgehead atoms. The predicted molar refractivity (Wildman–Crippen MR) is 79.7 cm³/mol. The molecule has 1 aromatic carbocycles. The summed E-state index contributed by atoms with van der Waals surface area (Å²) in [6.45, 7) is 6.03. The third-order valence-corrected chi connectivity index (χ3v) is 5.39. The van der Waals surface area contributed by atoms with Gasteiger partial charge in [-0.15, -0.1) is 0 Å². The summed E-state index contributed by atoms with van der Waals surface area (Å²) in [7, 11) is -1.94. The van der Waals surface area contributed by atoms with Gasteiger partial charge in [0.1, 0.15) is 0 Å². The Morgan fingerprint density at radius 2 is 1.89 bits per heavy atom. The Hall–Kier alpha value is -0.780. The minimum Gasteiger partial charge on any atom is -0.397 e. The lowest BCUT2D eigenvalue weighted by Gasteiger charge is -2.25. The Morgan fingerprint density at radius 3 is 2.37 bits per heavy atom. The van der Waals surface area contributed by atoms with Gasteiger partial charge in [0, 0.05) is 13.1 Å². The molecule has 1 atom stereocenters. The van der Waals surface area contributed by atoms with Gasteiger partial charge >= 0.3 is 0 Å². The molecule has 0 amide bonds. The van der Waals surface area contributed by atoms with Gasteiger partial charge in [0.25, 0.3) is 0 Å². The van der Waals surface area contributed by atoms with Crippen molar-refractivity contribution in [2.45, 2.75) is 38.1 Å². The summed E-state index contributed by atoms with van der Waals surface area (Å²) in [6.07, 6.45) is 0.804. The summed E-state index contributed by atoms with van der Waals surface area (Å²) in [5, 5.41) is 0.358. The third-order valence-electron chi connectivity index (χ3n) is 3.08. The maximum absolute atomic E-state index is 12.4. The van der Waals surface area contributed by atoms with Crippen LogP contribution >= 0.6 is 11.6 Å². The average Bonchev–Trinajstić information content (AvgIpc) is 2.30. The van der Waals surface area contributed by atoms with E-state index in [1.54, 1.807) is 7.05 Å². The van der Waals surface area contributed by atoms with Crippen LogP contribution in [0.4, 0.5) is 5.69 Å². The fourth-order valence-electron chi connectivity index (χ4n) is 1.92. The van der Waals surface area contributed by atoms with Crippen molar-refractivity contribution in [2.75, 3.05) is 12.8 Å². The van der Waals surface area contributed by atoms with Crippen LogP contribution in [0.2, 0.25) is 5.02 Å². The molecule has 0 saturated heterocycles. The van der Waals surface area contributed by atoms with Crippen molar-refractivity contribution >= 4 is 27.3 Å². The minimum absolute atomic E-state index is 0.0677. The van der Waals surface area contributed by atoms with Crippen molar-refractivity contribution in [1.29, 1.82) is 0 Å². The van der Waals surface area contributed by atoms with Crippen molar-refractivity contribution in [3.05, 3.63) is 23.2 Å². The molecule has 6 heteroatoms. The first-order chi connectivity index (χ1) is 8.66. The molecule has 0 aliphatic rings. The van der Waals surface area contributed by atoms with Gasteiger partial charge < -0.3 is 5.73 Å². The number of hydrogen-bond donors (Lipinski definition) is 1. The molecular weight excluding hydrogens is 284 g/mol. The Kier molecular flexibility index (Phi) is 5.24. The lowest BCUT2D eigenvalue weighted by atomic mass is 10.1. The summed E-state index contributed by atoms with van der Waals surface area (Å²) in [5.41, 5.74) is 5.93. The lowest BCUT2D eigenvalue weighted by Crippen LogP contribution is -2.35. The fourth-order valence-corrected chi connectivity index (χ4v) is 3.44. The zero-order valence-corrected chi connectivity index (χ0v) is 13.3.